The van der Waals surface area contributed by atoms with Crippen molar-refractivity contribution in [3.63, 3.8) is 0 Å². The minimum Gasteiger partial charge on any atom is -0.271 e. The van der Waals surface area contributed by atoms with Gasteiger partial charge in [-0.1, -0.05) is 29.3 Å². The Morgan fingerprint density at radius 3 is 2.50 bits per heavy atom. The second kappa shape index (κ2) is 5.28. The van der Waals surface area contributed by atoms with Gasteiger partial charge in [0.05, 0.1) is 27.5 Å². The molecule has 0 spiro atoms. The molecule has 0 saturated heterocycles. The highest BCUT2D eigenvalue weighted by atomic mass is 35.5. The number of hydrogen-bond donors (Lipinski definition) is 2. The predicted molar refractivity (Wildman–Crippen MR) is 73.6 cm³/mol. The molecule has 0 radical (unpaired) electrons. The monoisotopic (exact) mass is 284 g/mol. The van der Waals surface area contributed by atoms with Gasteiger partial charge in [0, 0.05) is 7.05 Å². The van der Waals surface area contributed by atoms with Crippen LogP contribution in [-0.4, -0.2) is 9.78 Å². The van der Waals surface area contributed by atoms with E-state index in [2.05, 4.69) is 10.5 Å². The topological polar surface area (TPSA) is 55.9 Å². The molecule has 0 aliphatic carbocycles. The second-order valence-electron chi connectivity index (χ2n) is 4.11. The first-order valence-electron chi connectivity index (χ1n) is 5.44. The highest BCUT2D eigenvalue weighted by Gasteiger charge is 2.17. The van der Waals surface area contributed by atoms with Crippen molar-refractivity contribution in [2.45, 2.75) is 13.0 Å². The summed E-state index contributed by atoms with van der Waals surface area (Å²) in [6.45, 7) is 1.94. The molecule has 2 rings (SSSR count). The Labute approximate surface area is 116 Å². The third-order valence-electron chi connectivity index (χ3n) is 2.78. The SMILES string of the molecule is Cc1cc(C(NN)c2ccc(Cl)c(Cl)c2)n(C)n1. The van der Waals surface area contributed by atoms with Crippen molar-refractivity contribution in [3.05, 3.63) is 51.3 Å². The molecule has 0 saturated carbocycles. The molecule has 1 atom stereocenters. The van der Waals surface area contributed by atoms with Gasteiger partial charge < -0.3 is 0 Å². The second-order valence-corrected chi connectivity index (χ2v) is 4.92. The first-order valence-corrected chi connectivity index (χ1v) is 6.20. The summed E-state index contributed by atoms with van der Waals surface area (Å²) in [6.07, 6.45) is 0. The number of benzene rings is 1. The summed E-state index contributed by atoms with van der Waals surface area (Å²) in [5.74, 6) is 5.64. The smallest absolute Gasteiger partial charge is 0.0878 e. The number of hydrogen-bond acceptors (Lipinski definition) is 3. The van der Waals surface area contributed by atoms with Gasteiger partial charge in [-0.15, -0.1) is 0 Å². The lowest BCUT2D eigenvalue weighted by molar-refractivity contribution is 0.574. The van der Waals surface area contributed by atoms with Crippen molar-refractivity contribution in [2.24, 2.45) is 12.9 Å². The first-order chi connectivity index (χ1) is 8.52. The molecule has 1 heterocycles. The van der Waals surface area contributed by atoms with Crippen LogP contribution in [0.25, 0.3) is 0 Å². The molecular formula is C12H14Cl2N4. The molecule has 6 heteroatoms. The zero-order valence-corrected chi connectivity index (χ0v) is 11.6. The Kier molecular flexibility index (Phi) is 3.92. The van der Waals surface area contributed by atoms with Gasteiger partial charge in [0.25, 0.3) is 0 Å². The number of aromatic nitrogens is 2. The number of halogens is 2. The van der Waals surface area contributed by atoms with Gasteiger partial charge in [0.15, 0.2) is 0 Å². The molecule has 1 aromatic carbocycles. The number of hydrazine groups is 1. The fourth-order valence-corrected chi connectivity index (χ4v) is 2.25. The fraction of sp³-hybridized carbons (Fsp3) is 0.250. The number of nitrogens with zero attached hydrogens (tertiary/aromatic N) is 2. The van der Waals surface area contributed by atoms with Gasteiger partial charge in [-0.3, -0.25) is 10.5 Å². The van der Waals surface area contributed by atoms with Crippen LogP contribution < -0.4 is 11.3 Å². The minimum absolute atomic E-state index is 0.175. The van der Waals surface area contributed by atoms with Gasteiger partial charge >= 0.3 is 0 Å². The minimum atomic E-state index is -0.175. The van der Waals surface area contributed by atoms with E-state index in [1.165, 1.54) is 0 Å². The van der Waals surface area contributed by atoms with Crippen LogP contribution in [0.2, 0.25) is 10.0 Å². The van der Waals surface area contributed by atoms with Crippen LogP contribution in [0.3, 0.4) is 0 Å². The lowest BCUT2D eigenvalue weighted by Gasteiger charge is -2.17. The summed E-state index contributed by atoms with van der Waals surface area (Å²) >= 11 is 11.9. The van der Waals surface area contributed by atoms with E-state index in [4.69, 9.17) is 29.0 Å². The van der Waals surface area contributed by atoms with Gasteiger partial charge in [-0.25, -0.2) is 5.43 Å². The van der Waals surface area contributed by atoms with E-state index in [1.807, 2.05) is 26.1 Å². The molecule has 0 amide bonds. The Hall–Kier alpha value is -1.07. The quantitative estimate of drug-likeness (QED) is 0.673. The summed E-state index contributed by atoms with van der Waals surface area (Å²) < 4.78 is 1.79. The van der Waals surface area contributed by atoms with Crippen molar-refractivity contribution in [3.8, 4) is 0 Å². The van der Waals surface area contributed by atoms with Crippen molar-refractivity contribution in [1.82, 2.24) is 15.2 Å². The Bertz CT molecular complexity index is 565. The first kappa shape index (κ1) is 13.4. The third-order valence-corrected chi connectivity index (χ3v) is 3.52. The van der Waals surface area contributed by atoms with Crippen molar-refractivity contribution in [1.29, 1.82) is 0 Å². The van der Waals surface area contributed by atoms with Gasteiger partial charge in [0.1, 0.15) is 0 Å². The van der Waals surface area contributed by atoms with E-state index in [-0.39, 0.29) is 6.04 Å². The molecule has 1 aromatic heterocycles. The fourth-order valence-electron chi connectivity index (χ4n) is 1.95. The van der Waals surface area contributed by atoms with Gasteiger partial charge in [0.2, 0.25) is 0 Å². The van der Waals surface area contributed by atoms with Crippen molar-refractivity contribution >= 4 is 23.2 Å². The highest BCUT2D eigenvalue weighted by Crippen LogP contribution is 2.28. The zero-order chi connectivity index (χ0) is 13.3. The summed E-state index contributed by atoms with van der Waals surface area (Å²) in [6, 6.07) is 7.25. The van der Waals surface area contributed by atoms with E-state index in [0.29, 0.717) is 10.0 Å². The van der Waals surface area contributed by atoms with E-state index >= 15 is 0 Å². The highest BCUT2D eigenvalue weighted by molar-refractivity contribution is 6.42. The maximum absolute atomic E-state index is 6.02. The molecule has 18 heavy (non-hydrogen) atoms. The Balaban J connectivity index is 2.45. The van der Waals surface area contributed by atoms with Crippen molar-refractivity contribution in [2.75, 3.05) is 0 Å². The number of nitrogens with two attached hydrogens (primary N) is 1. The molecule has 0 aliphatic rings. The summed E-state index contributed by atoms with van der Waals surface area (Å²) in [4.78, 5) is 0. The molecule has 2 aromatic rings. The largest absolute Gasteiger partial charge is 0.271 e. The van der Waals surface area contributed by atoms with E-state index < -0.39 is 0 Å². The van der Waals surface area contributed by atoms with Crippen LogP contribution in [0.5, 0.6) is 0 Å². The maximum atomic E-state index is 6.02. The van der Waals surface area contributed by atoms with Crippen LogP contribution in [0.4, 0.5) is 0 Å². The average Bonchev–Trinajstić information content (AvgIpc) is 2.64. The third kappa shape index (κ3) is 2.52. The van der Waals surface area contributed by atoms with Crippen LogP contribution >= 0.6 is 23.2 Å². The van der Waals surface area contributed by atoms with Crippen LogP contribution in [0.15, 0.2) is 24.3 Å². The van der Waals surface area contributed by atoms with Gasteiger partial charge in [-0.2, -0.15) is 5.10 Å². The molecule has 3 N–H and O–H groups in total. The van der Waals surface area contributed by atoms with Crippen LogP contribution in [0.1, 0.15) is 23.0 Å². The summed E-state index contributed by atoms with van der Waals surface area (Å²) in [7, 11) is 1.88. The maximum Gasteiger partial charge on any atom is 0.0878 e. The number of nitrogens with one attached hydrogen (secondary N) is 1. The average molecular weight is 285 g/mol. The molecule has 4 nitrogen and oxygen atoms in total. The Morgan fingerprint density at radius 2 is 2.00 bits per heavy atom. The van der Waals surface area contributed by atoms with Crippen LogP contribution in [0, 0.1) is 6.92 Å². The molecule has 0 fully saturated rings. The Morgan fingerprint density at radius 1 is 1.28 bits per heavy atom. The van der Waals surface area contributed by atoms with E-state index in [0.717, 1.165) is 17.0 Å². The lowest BCUT2D eigenvalue weighted by atomic mass is 10.0. The number of rotatable bonds is 3. The molecular weight excluding hydrogens is 271 g/mol. The summed E-state index contributed by atoms with van der Waals surface area (Å²) in [5, 5.41) is 5.34. The van der Waals surface area contributed by atoms with Gasteiger partial charge in [-0.05, 0) is 30.7 Å². The lowest BCUT2D eigenvalue weighted by Crippen LogP contribution is -2.30. The van der Waals surface area contributed by atoms with E-state index in [1.54, 1.807) is 16.8 Å². The molecule has 96 valence electrons. The molecule has 0 bridgehead atoms. The molecule has 1 unspecified atom stereocenters. The predicted octanol–water partition coefficient (Wildman–Crippen LogP) is 2.59. The normalized spacial score (nSPS) is 12.7. The molecule has 0 aliphatic heterocycles. The number of aryl methyl sites for hydroxylation is 2. The van der Waals surface area contributed by atoms with Crippen LogP contribution in [-0.2, 0) is 7.05 Å². The van der Waals surface area contributed by atoms with E-state index in [9.17, 15) is 0 Å². The standard InChI is InChI=1S/C12H14Cl2N4/c1-7-5-11(18(2)17-7)12(16-15)8-3-4-9(13)10(14)6-8/h3-6,12,16H,15H2,1-2H3. The van der Waals surface area contributed by atoms with Crippen molar-refractivity contribution < 1.29 is 0 Å². The zero-order valence-electron chi connectivity index (χ0n) is 10.1. The summed E-state index contributed by atoms with van der Waals surface area (Å²) in [5.41, 5.74) is 5.62.